The molecule has 0 aliphatic rings. The zero-order valence-electron chi connectivity index (χ0n) is 14.1. The molecule has 0 saturated heterocycles. The molecule has 1 aromatic carbocycles. The molecule has 1 atom stereocenters. The van der Waals surface area contributed by atoms with E-state index in [0.29, 0.717) is 23.9 Å². The van der Waals surface area contributed by atoms with Gasteiger partial charge in [-0.2, -0.15) is 0 Å². The van der Waals surface area contributed by atoms with Gasteiger partial charge in [-0.1, -0.05) is 42.8 Å². The van der Waals surface area contributed by atoms with Gasteiger partial charge in [-0.25, -0.2) is 0 Å². The van der Waals surface area contributed by atoms with Crippen LogP contribution < -0.4 is 10.1 Å². The Morgan fingerprint density at radius 3 is 2.54 bits per heavy atom. The minimum atomic E-state index is -0.202. The lowest BCUT2D eigenvalue weighted by Gasteiger charge is -2.16. The number of thioether (sulfide) groups is 1. The van der Waals surface area contributed by atoms with Crippen molar-refractivity contribution in [2.75, 3.05) is 13.0 Å². The molecule has 0 aromatic heterocycles. The molecule has 0 spiro atoms. The van der Waals surface area contributed by atoms with Gasteiger partial charge in [-0.05, 0) is 31.0 Å². The van der Waals surface area contributed by atoms with E-state index in [9.17, 15) is 4.79 Å². The molecule has 0 heterocycles. The van der Waals surface area contributed by atoms with E-state index >= 15 is 0 Å². The Morgan fingerprint density at radius 2 is 2.04 bits per heavy atom. The number of methoxy groups -OCH3 is 1. The fourth-order valence-corrected chi connectivity index (χ4v) is 3.20. The van der Waals surface area contributed by atoms with Crippen LogP contribution in [-0.4, -0.2) is 24.1 Å². The van der Waals surface area contributed by atoms with Crippen LogP contribution in [0, 0.1) is 0 Å². The van der Waals surface area contributed by atoms with Crippen LogP contribution in [0.25, 0.3) is 0 Å². The van der Waals surface area contributed by atoms with E-state index in [1.54, 1.807) is 7.11 Å². The van der Waals surface area contributed by atoms with Gasteiger partial charge in [0.25, 0.3) is 0 Å². The Balaban J connectivity index is 2.65. The maximum atomic E-state index is 12.4. The maximum Gasteiger partial charge on any atom is 0.233 e. The Labute approximate surface area is 158 Å². The minimum Gasteiger partial charge on any atom is -0.497 e. The number of carbonyl (C=O) groups is 1. The van der Waals surface area contributed by atoms with Gasteiger partial charge in [-0.15, -0.1) is 23.4 Å². The molecular weight excluding hydrogens is 365 g/mol. The lowest BCUT2D eigenvalue weighted by molar-refractivity contribution is -0.120. The largest absolute Gasteiger partial charge is 0.497 e. The number of hydrogen-bond donors (Lipinski definition) is 1. The summed E-state index contributed by atoms with van der Waals surface area (Å²) in [4.78, 5) is 13.3. The van der Waals surface area contributed by atoms with Crippen molar-refractivity contribution < 1.29 is 9.53 Å². The number of allylic oxidation sites excluding steroid dienone is 3. The minimum absolute atomic E-state index is 0.00647. The molecule has 0 saturated carbocycles. The zero-order chi connectivity index (χ0) is 17.9. The van der Waals surface area contributed by atoms with Gasteiger partial charge in [0, 0.05) is 22.4 Å². The van der Waals surface area contributed by atoms with Crippen LogP contribution in [0.4, 0.5) is 0 Å². The molecule has 1 amide bonds. The SMILES string of the molecule is CCC(SC(/C=C\CCl)=C(/C)Cl)C(=O)NCc1ccc(OC)cc1. The van der Waals surface area contributed by atoms with Crippen molar-refractivity contribution in [1.82, 2.24) is 5.32 Å². The number of ether oxygens (including phenoxy) is 1. The van der Waals surface area contributed by atoms with E-state index in [0.717, 1.165) is 16.2 Å². The van der Waals surface area contributed by atoms with Gasteiger partial charge in [0.2, 0.25) is 5.91 Å². The van der Waals surface area contributed by atoms with E-state index in [-0.39, 0.29) is 11.2 Å². The number of alkyl halides is 1. The van der Waals surface area contributed by atoms with Crippen molar-refractivity contribution in [3.63, 3.8) is 0 Å². The van der Waals surface area contributed by atoms with E-state index in [1.807, 2.05) is 50.3 Å². The number of nitrogens with one attached hydrogen (secondary N) is 1. The molecule has 0 fully saturated rings. The van der Waals surface area contributed by atoms with E-state index in [1.165, 1.54) is 11.8 Å². The molecule has 1 rings (SSSR count). The topological polar surface area (TPSA) is 38.3 Å². The Morgan fingerprint density at radius 1 is 1.38 bits per heavy atom. The Kier molecular flexibility index (Phi) is 9.99. The van der Waals surface area contributed by atoms with Crippen molar-refractivity contribution in [2.45, 2.75) is 32.1 Å². The maximum absolute atomic E-state index is 12.4. The fourth-order valence-electron chi connectivity index (χ4n) is 1.91. The number of halogens is 2. The molecule has 0 aliphatic heterocycles. The predicted molar refractivity (Wildman–Crippen MR) is 105 cm³/mol. The third kappa shape index (κ3) is 7.20. The van der Waals surface area contributed by atoms with Crippen molar-refractivity contribution in [1.29, 1.82) is 0 Å². The van der Waals surface area contributed by atoms with Gasteiger partial charge in [-0.3, -0.25) is 4.79 Å². The van der Waals surface area contributed by atoms with Crippen molar-refractivity contribution >= 4 is 40.9 Å². The Hall–Kier alpha value is -1.10. The van der Waals surface area contributed by atoms with Crippen molar-refractivity contribution in [3.8, 4) is 5.75 Å². The molecule has 0 radical (unpaired) electrons. The van der Waals surface area contributed by atoms with Crippen LogP contribution in [-0.2, 0) is 11.3 Å². The third-order valence-electron chi connectivity index (χ3n) is 3.26. The number of amides is 1. The normalized spacial score (nSPS) is 13.5. The van der Waals surface area contributed by atoms with E-state index < -0.39 is 0 Å². The first-order chi connectivity index (χ1) is 11.5. The quantitative estimate of drug-likeness (QED) is 0.473. The highest BCUT2D eigenvalue weighted by atomic mass is 35.5. The lowest BCUT2D eigenvalue weighted by Crippen LogP contribution is -2.32. The average molecular weight is 388 g/mol. The summed E-state index contributed by atoms with van der Waals surface area (Å²) in [6, 6.07) is 7.62. The average Bonchev–Trinajstić information content (AvgIpc) is 2.60. The summed E-state index contributed by atoms with van der Waals surface area (Å²) in [6.45, 7) is 4.28. The molecule has 1 aromatic rings. The second kappa shape index (κ2) is 11.5. The fraction of sp³-hybridized carbons (Fsp3) is 0.389. The molecule has 6 heteroatoms. The summed E-state index contributed by atoms with van der Waals surface area (Å²) in [7, 11) is 1.63. The number of hydrogen-bond acceptors (Lipinski definition) is 3. The summed E-state index contributed by atoms with van der Waals surface area (Å²) in [5.41, 5.74) is 1.02. The summed E-state index contributed by atoms with van der Waals surface area (Å²) < 4.78 is 5.12. The van der Waals surface area contributed by atoms with Crippen LogP contribution in [0.1, 0.15) is 25.8 Å². The smallest absolute Gasteiger partial charge is 0.233 e. The van der Waals surface area contributed by atoms with E-state index in [4.69, 9.17) is 27.9 Å². The summed E-state index contributed by atoms with van der Waals surface area (Å²) in [5.74, 6) is 1.20. The van der Waals surface area contributed by atoms with Crippen LogP contribution in [0.15, 0.2) is 46.4 Å². The Bertz CT molecular complexity index is 581. The summed E-state index contributed by atoms with van der Waals surface area (Å²) in [5, 5.41) is 3.42. The highest BCUT2D eigenvalue weighted by molar-refractivity contribution is 8.04. The second-order valence-corrected chi connectivity index (χ2v) is 7.16. The molecule has 3 nitrogen and oxygen atoms in total. The highest BCUT2D eigenvalue weighted by Crippen LogP contribution is 2.29. The molecule has 132 valence electrons. The summed E-state index contributed by atoms with van der Waals surface area (Å²) in [6.07, 6.45) is 4.39. The molecule has 24 heavy (non-hydrogen) atoms. The number of benzene rings is 1. The molecule has 1 N–H and O–H groups in total. The molecule has 0 aliphatic carbocycles. The molecular formula is C18H23Cl2NO2S. The first kappa shape index (κ1) is 20.9. The lowest BCUT2D eigenvalue weighted by atomic mass is 10.2. The molecule has 0 bridgehead atoms. The van der Waals surface area contributed by atoms with Crippen molar-refractivity contribution in [2.24, 2.45) is 0 Å². The monoisotopic (exact) mass is 387 g/mol. The van der Waals surface area contributed by atoms with E-state index in [2.05, 4.69) is 5.32 Å². The van der Waals surface area contributed by atoms with Crippen molar-refractivity contribution in [3.05, 3.63) is 51.9 Å². The van der Waals surface area contributed by atoms with Crippen LogP contribution in [0.3, 0.4) is 0 Å². The standard InChI is InChI=1S/C18H23Cl2NO2S/c1-4-16(24-17(13(2)20)6-5-11-19)18(22)21-12-14-7-9-15(23-3)10-8-14/h5-10,16H,4,11-12H2,1-3H3,(H,21,22)/b6-5-,17-13-. The third-order valence-corrected chi connectivity index (χ3v) is 5.28. The van der Waals surface area contributed by atoms with Crippen LogP contribution in [0.2, 0.25) is 0 Å². The second-order valence-electron chi connectivity index (χ2n) is 5.04. The summed E-state index contributed by atoms with van der Waals surface area (Å²) >= 11 is 13.2. The van der Waals surface area contributed by atoms with Gasteiger partial charge in [0.1, 0.15) is 5.75 Å². The van der Waals surface area contributed by atoms with Gasteiger partial charge >= 0.3 is 0 Å². The van der Waals surface area contributed by atoms with Gasteiger partial charge < -0.3 is 10.1 Å². The first-order valence-corrected chi connectivity index (χ1v) is 9.47. The van der Waals surface area contributed by atoms with Crippen LogP contribution >= 0.6 is 35.0 Å². The predicted octanol–water partition coefficient (Wildman–Crippen LogP) is 5.09. The molecule has 1 unspecified atom stereocenters. The first-order valence-electron chi connectivity index (χ1n) is 7.68. The van der Waals surface area contributed by atoms with Gasteiger partial charge in [0.15, 0.2) is 0 Å². The zero-order valence-corrected chi connectivity index (χ0v) is 16.5. The number of carbonyl (C=O) groups excluding carboxylic acids is 1. The number of rotatable bonds is 9. The van der Waals surface area contributed by atoms with Crippen LogP contribution in [0.5, 0.6) is 5.75 Å². The van der Waals surface area contributed by atoms with Gasteiger partial charge in [0.05, 0.1) is 12.4 Å². The highest BCUT2D eigenvalue weighted by Gasteiger charge is 2.18.